The number of carbonyl (C=O) groups is 1. The highest BCUT2D eigenvalue weighted by Crippen LogP contribution is 2.52. The van der Waals surface area contributed by atoms with E-state index in [-0.39, 0.29) is 17.1 Å². The maximum atomic E-state index is 11.9. The quantitative estimate of drug-likeness (QED) is 0.718. The van der Waals surface area contributed by atoms with Gasteiger partial charge in [-0.3, -0.25) is 4.79 Å². The van der Waals surface area contributed by atoms with Gasteiger partial charge in [0.15, 0.2) is 5.78 Å². The van der Waals surface area contributed by atoms with E-state index >= 15 is 0 Å². The van der Waals surface area contributed by atoms with Gasteiger partial charge < -0.3 is 15.3 Å². The molecule has 0 aliphatic heterocycles. The summed E-state index contributed by atoms with van der Waals surface area (Å²) in [6.45, 7) is 3.18. The Labute approximate surface area is 114 Å². The second-order valence-corrected chi connectivity index (χ2v) is 6.45. The van der Waals surface area contributed by atoms with Crippen LogP contribution in [-0.2, 0) is 4.79 Å². The van der Waals surface area contributed by atoms with E-state index in [2.05, 4.69) is 6.92 Å². The van der Waals surface area contributed by atoms with Gasteiger partial charge in [0.2, 0.25) is 0 Å². The van der Waals surface area contributed by atoms with Crippen LogP contribution in [0.3, 0.4) is 0 Å². The summed E-state index contributed by atoms with van der Waals surface area (Å²) in [5.74, 6) is 0.0242. The molecular formula is C15H24O4. The molecule has 2 aliphatic rings. The number of aliphatic hydroxyl groups is 3. The Morgan fingerprint density at radius 3 is 2.53 bits per heavy atom. The van der Waals surface area contributed by atoms with Crippen molar-refractivity contribution in [1.29, 1.82) is 0 Å². The van der Waals surface area contributed by atoms with Crippen molar-refractivity contribution in [3.05, 3.63) is 11.1 Å². The minimum absolute atomic E-state index is 0.0559. The molecule has 0 aromatic rings. The van der Waals surface area contributed by atoms with Crippen molar-refractivity contribution in [3.63, 3.8) is 0 Å². The fraction of sp³-hybridized carbons (Fsp3) is 0.800. The van der Waals surface area contributed by atoms with E-state index in [9.17, 15) is 20.1 Å². The van der Waals surface area contributed by atoms with Crippen molar-refractivity contribution in [2.24, 2.45) is 11.3 Å². The number of fused-ring (bicyclic) bond motifs is 1. The van der Waals surface area contributed by atoms with Crippen molar-refractivity contribution in [3.8, 4) is 0 Å². The molecule has 19 heavy (non-hydrogen) atoms. The zero-order valence-electron chi connectivity index (χ0n) is 11.8. The van der Waals surface area contributed by atoms with Crippen LogP contribution in [0.25, 0.3) is 0 Å². The van der Waals surface area contributed by atoms with Crippen LogP contribution in [0.2, 0.25) is 0 Å². The number of carbonyl (C=O) groups excluding carboxylic acids is 1. The predicted octanol–water partition coefficient (Wildman–Crippen LogP) is 1.19. The Morgan fingerprint density at radius 1 is 1.32 bits per heavy atom. The third kappa shape index (κ3) is 2.37. The lowest BCUT2D eigenvalue weighted by molar-refractivity contribution is -0.118. The molecule has 0 aromatic carbocycles. The second kappa shape index (κ2) is 5.00. The van der Waals surface area contributed by atoms with E-state index in [0.29, 0.717) is 12.8 Å². The summed E-state index contributed by atoms with van der Waals surface area (Å²) in [7, 11) is 0. The molecule has 1 saturated carbocycles. The molecule has 0 unspecified atom stereocenters. The highest BCUT2D eigenvalue weighted by atomic mass is 16.4. The Bertz CT molecular complexity index is 408. The monoisotopic (exact) mass is 268 g/mol. The van der Waals surface area contributed by atoms with Crippen LogP contribution < -0.4 is 0 Å². The smallest absolute Gasteiger partial charge is 0.158 e. The van der Waals surface area contributed by atoms with Gasteiger partial charge in [-0.05, 0) is 49.5 Å². The van der Waals surface area contributed by atoms with Gasteiger partial charge in [0, 0.05) is 6.42 Å². The molecule has 0 aromatic heterocycles. The van der Waals surface area contributed by atoms with Gasteiger partial charge in [0.1, 0.15) is 5.60 Å². The normalized spacial score (nSPS) is 32.5. The first-order valence-corrected chi connectivity index (χ1v) is 7.04. The number of Topliss-reactive ketones (excluding diaryl/α,β-unsaturated/α-hetero) is 1. The van der Waals surface area contributed by atoms with Crippen LogP contribution in [0.15, 0.2) is 11.1 Å². The first-order valence-electron chi connectivity index (χ1n) is 7.04. The van der Waals surface area contributed by atoms with Gasteiger partial charge in [-0.15, -0.1) is 0 Å². The number of aliphatic hydroxyl groups excluding tert-OH is 2. The first-order chi connectivity index (χ1) is 8.86. The number of hydrogen-bond donors (Lipinski definition) is 3. The summed E-state index contributed by atoms with van der Waals surface area (Å²) in [6.07, 6.45) is 3.77. The number of hydrogen-bond acceptors (Lipinski definition) is 4. The maximum Gasteiger partial charge on any atom is 0.158 e. The van der Waals surface area contributed by atoms with Gasteiger partial charge in [0.25, 0.3) is 0 Å². The molecule has 0 heterocycles. The lowest BCUT2D eigenvalue weighted by Gasteiger charge is -2.47. The summed E-state index contributed by atoms with van der Waals surface area (Å²) in [4.78, 5) is 11.9. The van der Waals surface area contributed by atoms with Crippen LogP contribution in [-0.4, -0.2) is 39.9 Å². The van der Waals surface area contributed by atoms with E-state index in [1.165, 1.54) is 0 Å². The minimum Gasteiger partial charge on any atom is -0.393 e. The molecule has 1 fully saturated rings. The van der Waals surface area contributed by atoms with Gasteiger partial charge in [-0.1, -0.05) is 12.5 Å². The number of allylic oxidation sites excluding steroid dienone is 2. The SMILES string of the molecule is CC1=C2C[C@H](C(O)(CO)CO)CC[C@@]2(C)CCC1=O. The summed E-state index contributed by atoms with van der Waals surface area (Å²) >= 11 is 0. The highest BCUT2D eigenvalue weighted by molar-refractivity contribution is 5.96. The molecule has 4 nitrogen and oxygen atoms in total. The molecule has 0 radical (unpaired) electrons. The summed E-state index contributed by atoms with van der Waals surface area (Å²) in [5, 5.41) is 28.9. The average Bonchev–Trinajstić information content (AvgIpc) is 2.42. The molecule has 108 valence electrons. The summed E-state index contributed by atoms with van der Waals surface area (Å²) < 4.78 is 0. The van der Waals surface area contributed by atoms with E-state index < -0.39 is 18.8 Å². The molecule has 3 N–H and O–H groups in total. The zero-order valence-corrected chi connectivity index (χ0v) is 11.8. The summed E-state index contributed by atoms with van der Waals surface area (Å²) in [5.41, 5.74) is 0.576. The maximum absolute atomic E-state index is 11.9. The lowest BCUT2D eigenvalue weighted by atomic mass is 9.59. The van der Waals surface area contributed by atoms with Crippen molar-refractivity contribution < 1.29 is 20.1 Å². The van der Waals surface area contributed by atoms with Crippen LogP contribution in [0.5, 0.6) is 0 Å². The molecule has 0 bridgehead atoms. The van der Waals surface area contributed by atoms with Crippen molar-refractivity contribution in [1.82, 2.24) is 0 Å². The van der Waals surface area contributed by atoms with Crippen LogP contribution >= 0.6 is 0 Å². The van der Waals surface area contributed by atoms with Gasteiger partial charge in [-0.25, -0.2) is 0 Å². The van der Waals surface area contributed by atoms with Crippen LogP contribution in [0, 0.1) is 11.3 Å². The number of rotatable bonds is 3. The van der Waals surface area contributed by atoms with Crippen molar-refractivity contribution in [2.75, 3.05) is 13.2 Å². The third-order valence-corrected chi connectivity index (χ3v) is 5.31. The molecule has 4 heteroatoms. The molecule has 2 aliphatic carbocycles. The van der Waals surface area contributed by atoms with Crippen LogP contribution in [0.1, 0.15) is 46.0 Å². The molecule has 2 rings (SSSR count). The number of ketones is 1. The van der Waals surface area contributed by atoms with Gasteiger partial charge in [-0.2, -0.15) is 0 Å². The molecule has 0 amide bonds. The van der Waals surface area contributed by atoms with E-state index in [0.717, 1.165) is 30.4 Å². The Morgan fingerprint density at radius 2 is 1.95 bits per heavy atom. The fourth-order valence-corrected chi connectivity index (χ4v) is 3.63. The molecule has 2 atom stereocenters. The molecule has 0 spiro atoms. The molecular weight excluding hydrogens is 244 g/mol. The predicted molar refractivity (Wildman–Crippen MR) is 71.5 cm³/mol. The van der Waals surface area contributed by atoms with Gasteiger partial charge >= 0.3 is 0 Å². The van der Waals surface area contributed by atoms with E-state index in [4.69, 9.17) is 0 Å². The Hall–Kier alpha value is -0.710. The Balaban J connectivity index is 2.31. The van der Waals surface area contributed by atoms with Crippen LogP contribution in [0.4, 0.5) is 0 Å². The lowest BCUT2D eigenvalue weighted by Crippen LogP contribution is -2.48. The first kappa shape index (κ1) is 14.7. The van der Waals surface area contributed by atoms with Crippen molar-refractivity contribution >= 4 is 5.78 Å². The summed E-state index contributed by atoms with van der Waals surface area (Å²) in [6, 6.07) is 0. The van der Waals surface area contributed by atoms with E-state index in [1.807, 2.05) is 6.92 Å². The zero-order chi connectivity index (χ0) is 14.3. The Kier molecular flexibility index (Phi) is 3.87. The highest BCUT2D eigenvalue weighted by Gasteiger charge is 2.46. The van der Waals surface area contributed by atoms with Crippen molar-refractivity contribution in [2.45, 2.75) is 51.6 Å². The second-order valence-electron chi connectivity index (χ2n) is 6.45. The average molecular weight is 268 g/mol. The third-order valence-electron chi connectivity index (χ3n) is 5.31. The van der Waals surface area contributed by atoms with Gasteiger partial charge in [0.05, 0.1) is 13.2 Å². The topological polar surface area (TPSA) is 77.8 Å². The molecule has 0 saturated heterocycles. The van der Waals surface area contributed by atoms with E-state index in [1.54, 1.807) is 0 Å². The fourth-order valence-electron chi connectivity index (χ4n) is 3.63. The minimum atomic E-state index is -1.44. The standard InChI is InChI=1S/C15H24O4/c1-10-12-7-11(15(19,8-16)9-17)3-5-14(12,2)6-4-13(10)18/h11,16-17,19H,3-9H2,1-2H3/t11-,14+/m1/s1. The largest absolute Gasteiger partial charge is 0.393 e.